The van der Waals surface area contributed by atoms with Gasteiger partial charge in [-0.2, -0.15) is 4.98 Å². The summed E-state index contributed by atoms with van der Waals surface area (Å²) in [5, 5.41) is 8.85. The van der Waals surface area contributed by atoms with Gasteiger partial charge < -0.3 is 14.8 Å². The van der Waals surface area contributed by atoms with Gasteiger partial charge in [-0.3, -0.25) is 0 Å². The van der Waals surface area contributed by atoms with Crippen molar-refractivity contribution in [2.45, 2.75) is 37.4 Å². The molecule has 1 unspecified atom stereocenters. The molecule has 1 aromatic heterocycles. The molecule has 0 radical (unpaired) electrons. The minimum atomic E-state index is -0.561. The molecule has 7 nitrogen and oxygen atoms in total. The van der Waals surface area contributed by atoms with Crippen LogP contribution in [0.4, 0.5) is 10.3 Å². The third kappa shape index (κ3) is 5.94. The maximum atomic E-state index is 14.1. The molecular formula is C29H26ClFN4O3S. The Morgan fingerprint density at radius 2 is 1.87 bits per heavy atom. The number of benzene rings is 3. The summed E-state index contributed by atoms with van der Waals surface area (Å²) in [6.45, 7) is 3.83. The van der Waals surface area contributed by atoms with E-state index in [1.165, 1.54) is 17.8 Å². The van der Waals surface area contributed by atoms with Gasteiger partial charge in [0, 0.05) is 17.0 Å². The lowest BCUT2D eigenvalue weighted by molar-refractivity contribution is -0.139. The van der Waals surface area contributed by atoms with E-state index in [1.807, 2.05) is 37.3 Å². The minimum absolute atomic E-state index is 0.0134. The molecule has 1 N–H and O–H groups in total. The molecule has 0 spiro atoms. The molecule has 0 saturated carbocycles. The molecule has 4 aromatic rings. The SMILES string of the molecule is CCOC(=O)C1=C(C)Nc2nc(SCc3ccccc3)nn2C1c1ccc(OCc2c(F)cccc2Cl)cc1. The number of anilines is 1. The molecule has 200 valence electrons. The molecule has 3 aromatic carbocycles. The number of ether oxygens (including phenoxy) is 2. The second-order valence-corrected chi connectivity index (χ2v) is 10.1. The highest BCUT2D eigenvalue weighted by molar-refractivity contribution is 7.98. The summed E-state index contributed by atoms with van der Waals surface area (Å²) in [5.41, 5.74) is 3.33. The fourth-order valence-corrected chi connectivity index (χ4v) is 5.27. The van der Waals surface area contributed by atoms with Gasteiger partial charge in [0.1, 0.15) is 24.2 Å². The predicted octanol–water partition coefficient (Wildman–Crippen LogP) is 6.79. The molecular weight excluding hydrogens is 539 g/mol. The van der Waals surface area contributed by atoms with Crippen LogP contribution in [-0.4, -0.2) is 27.3 Å². The van der Waals surface area contributed by atoms with Crippen molar-refractivity contribution in [1.29, 1.82) is 0 Å². The van der Waals surface area contributed by atoms with Gasteiger partial charge in [-0.1, -0.05) is 71.9 Å². The van der Waals surface area contributed by atoms with Crippen molar-refractivity contribution in [2.75, 3.05) is 11.9 Å². The Kier molecular flexibility index (Phi) is 8.18. The van der Waals surface area contributed by atoms with Gasteiger partial charge in [0.05, 0.1) is 17.2 Å². The van der Waals surface area contributed by atoms with E-state index in [-0.39, 0.29) is 18.8 Å². The lowest BCUT2D eigenvalue weighted by Gasteiger charge is -2.28. The fourth-order valence-electron chi connectivity index (χ4n) is 4.27. The highest BCUT2D eigenvalue weighted by Crippen LogP contribution is 2.37. The van der Waals surface area contributed by atoms with Gasteiger partial charge in [-0.25, -0.2) is 13.9 Å². The van der Waals surface area contributed by atoms with Gasteiger partial charge >= 0.3 is 5.97 Å². The van der Waals surface area contributed by atoms with Crippen LogP contribution in [0.3, 0.4) is 0 Å². The molecule has 0 saturated heterocycles. The van der Waals surface area contributed by atoms with Crippen LogP contribution in [0.1, 0.15) is 36.6 Å². The Hall–Kier alpha value is -3.82. The first-order valence-corrected chi connectivity index (χ1v) is 13.7. The third-order valence-electron chi connectivity index (χ3n) is 6.18. The molecule has 1 atom stereocenters. The van der Waals surface area contributed by atoms with Crippen LogP contribution in [-0.2, 0) is 21.9 Å². The predicted molar refractivity (Wildman–Crippen MR) is 149 cm³/mol. The van der Waals surface area contributed by atoms with Crippen molar-refractivity contribution in [3.63, 3.8) is 0 Å². The first-order valence-electron chi connectivity index (χ1n) is 12.4. The normalized spacial score (nSPS) is 14.5. The number of allylic oxidation sites excluding steroid dienone is 1. The van der Waals surface area contributed by atoms with Gasteiger partial charge in [0.15, 0.2) is 0 Å². The van der Waals surface area contributed by atoms with Crippen molar-refractivity contribution < 1.29 is 18.7 Å². The summed E-state index contributed by atoms with van der Waals surface area (Å²) in [7, 11) is 0. The van der Waals surface area contributed by atoms with E-state index in [0.717, 1.165) is 11.1 Å². The minimum Gasteiger partial charge on any atom is -0.489 e. The number of hydrogen-bond donors (Lipinski definition) is 1. The Bertz CT molecular complexity index is 1490. The zero-order valence-electron chi connectivity index (χ0n) is 21.4. The smallest absolute Gasteiger partial charge is 0.338 e. The Morgan fingerprint density at radius 1 is 1.10 bits per heavy atom. The zero-order valence-corrected chi connectivity index (χ0v) is 22.9. The molecule has 10 heteroatoms. The second-order valence-electron chi connectivity index (χ2n) is 8.78. The molecule has 0 bridgehead atoms. The number of carbonyl (C=O) groups excluding carboxylic acids is 1. The Balaban J connectivity index is 1.42. The zero-order chi connectivity index (χ0) is 27.4. The van der Waals surface area contributed by atoms with E-state index >= 15 is 0 Å². The van der Waals surface area contributed by atoms with Gasteiger partial charge in [0.2, 0.25) is 11.1 Å². The molecule has 0 fully saturated rings. The number of rotatable bonds is 9. The quantitative estimate of drug-likeness (QED) is 0.177. The summed E-state index contributed by atoms with van der Waals surface area (Å²) in [6.07, 6.45) is 0. The average Bonchev–Trinajstić information content (AvgIpc) is 3.34. The lowest BCUT2D eigenvalue weighted by Crippen LogP contribution is -2.29. The highest BCUT2D eigenvalue weighted by Gasteiger charge is 2.35. The van der Waals surface area contributed by atoms with Gasteiger partial charge in [-0.05, 0) is 49.2 Å². The van der Waals surface area contributed by atoms with Crippen molar-refractivity contribution >= 4 is 35.3 Å². The molecule has 5 rings (SSSR count). The van der Waals surface area contributed by atoms with E-state index in [2.05, 4.69) is 22.4 Å². The number of carbonyl (C=O) groups is 1. The molecule has 1 aliphatic heterocycles. The maximum absolute atomic E-state index is 14.1. The number of aromatic nitrogens is 3. The summed E-state index contributed by atoms with van der Waals surface area (Å²) in [5.74, 6) is 0.929. The lowest BCUT2D eigenvalue weighted by atomic mass is 9.96. The van der Waals surface area contributed by atoms with Crippen LogP contribution in [0.5, 0.6) is 5.75 Å². The van der Waals surface area contributed by atoms with E-state index in [0.29, 0.717) is 38.9 Å². The monoisotopic (exact) mass is 564 g/mol. The average molecular weight is 565 g/mol. The van der Waals surface area contributed by atoms with Crippen LogP contribution >= 0.6 is 23.4 Å². The summed E-state index contributed by atoms with van der Waals surface area (Å²) in [6, 6.07) is 21.3. The number of fused-ring (bicyclic) bond motifs is 1. The fraction of sp³-hybridized carbons (Fsp3) is 0.207. The van der Waals surface area contributed by atoms with Crippen molar-refractivity contribution in [3.8, 4) is 5.75 Å². The topological polar surface area (TPSA) is 78.3 Å². The van der Waals surface area contributed by atoms with Gasteiger partial charge in [0.25, 0.3) is 0 Å². The molecule has 2 heterocycles. The van der Waals surface area contributed by atoms with E-state index in [4.69, 9.17) is 26.2 Å². The van der Waals surface area contributed by atoms with Crippen LogP contribution in [0.15, 0.2) is 89.2 Å². The number of nitrogens with one attached hydrogen (secondary N) is 1. The number of nitrogens with zero attached hydrogens (tertiary/aromatic N) is 3. The molecule has 0 aliphatic carbocycles. The summed E-state index contributed by atoms with van der Waals surface area (Å²) >= 11 is 7.64. The van der Waals surface area contributed by atoms with Crippen LogP contribution < -0.4 is 10.1 Å². The largest absolute Gasteiger partial charge is 0.489 e. The Labute approximate surface area is 235 Å². The number of hydrogen-bond acceptors (Lipinski definition) is 7. The van der Waals surface area contributed by atoms with E-state index in [1.54, 1.807) is 35.9 Å². The van der Waals surface area contributed by atoms with Gasteiger partial charge in [-0.15, -0.1) is 5.10 Å². The number of halogens is 2. The van der Waals surface area contributed by atoms with Crippen molar-refractivity contribution in [3.05, 3.63) is 112 Å². The molecule has 1 aliphatic rings. The molecule has 0 amide bonds. The van der Waals surface area contributed by atoms with Crippen LogP contribution in [0, 0.1) is 5.82 Å². The first kappa shape index (κ1) is 26.8. The Morgan fingerprint density at radius 3 is 2.59 bits per heavy atom. The van der Waals surface area contributed by atoms with E-state index < -0.39 is 17.8 Å². The maximum Gasteiger partial charge on any atom is 0.338 e. The first-order chi connectivity index (χ1) is 18.9. The van der Waals surface area contributed by atoms with Crippen molar-refractivity contribution in [1.82, 2.24) is 14.8 Å². The summed E-state index contributed by atoms with van der Waals surface area (Å²) < 4.78 is 27.0. The summed E-state index contributed by atoms with van der Waals surface area (Å²) in [4.78, 5) is 17.7. The second kappa shape index (κ2) is 11.9. The standard InChI is InChI=1S/C29H26ClFN4O3S/c1-3-37-27(36)25-18(2)32-28-33-29(39-17-19-8-5-4-6-9-19)34-35(28)26(25)20-12-14-21(15-13-20)38-16-22-23(30)10-7-11-24(22)31/h4-15,26H,3,16-17H2,1-2H3,(H,32,33,34). The van der Waals surface area contributed by atoms with E-state index in [9.17, 15) is 9.18 Å². The van der Waals surface area contributed by atoms with Crippen molar-refractivity contribution in [2.24, 2.45) is 0 Å². The number of thioether (sulfide) groups is 1. The van der Waals surface area contributed by atoms with Crippen LogP contribution in [0.2, 0.25) is 5.02 Å². The highest BCUT2D eigenvalue weighted by atomic mass is 35.5. The molecule has 39 heavy (non-hydrogen) atoms. The van der Waals surface area contributed by atoms with Crippen LogP contribution in [0.25, 0.3) is 0 Å². The third-order valence-corrected chi connectivity index (χ3v) is 7.44. The number of esters is 1.